The number of aryl methyl sites for hydroxylation is 1. The molecule has 0 aliphatic heterocycles. The number of benzene rings is 3. The molecule has 0 fully saturated rings. The van der Waals surface area contributed by atoms with Gasteiger partial charge in [-0.2, -0.15) is 0 Å². The van der Waals surface area contributed by atoms with Crippen LogP contribution in [0.5, 0.6) is 0 Å². The Morgan fingerprint density at radius 1 is 0.969 bits per heavy atom. The van der Waals surface area contributed by atoms with Gasteiger partial charge in [0.2, 0.25) is 5.91 Å². The number of hydrogen-bond acceptors (Lipinski definition) is 4. The molecule has 0 aromatic heterocycles. The number of hydrogen-bond donors (Lipinski definition) is 3. The molecule has 0 saturated heterocycles. The van der Waals surface area contributed by atoms with Crippen molar-refractivity contribution in [2.75, 3.05) is 4.72 Å². The number of sulfonamides is 1. The molecule has 0 unspecified atom stereocenters. The minimum Gasteiger partial charge on any atom is -0.280 e. The lowest BCUT2D eigenvalue weighted by Crippen LogP contribution is -2.42. The summed E-state index contributed by atoms with van der Waals surface area (Å²) in [6.07, 6.45) is -0.0941. The third-order valence-electron chi connectivity index (χ3n) is 4.36. The number of rotatable bonds is 6. The van der Waals surface area contributed by atoms with Crippen molar-refractivity contribution in [1.82, 2.24) is 10.9 Å². The fourth-order valence-corrected chi connectivity index (χ4v) is 4.07. The van der Waals surface area contributed by atoms with E-state index in [1.165, 1.54) is 36.4 Å². The second-order valence-corrected chi connectivity index (χ2v) is 9.01. The normalized spacial score (nSPS) is 11.0. The highest BCUT2D eigenvalue weighted by Crippen LogP contribution is 2.23. The van der Waals surface area contributed by atoms with Crippen molar-refractivity contribution in [3.05, 3.63) is 94.3 Å². The van der Waals surface area contributed by atoms with E-state index in [9.17, 15) is 22.4 Å². The molecule has 32 heavy (non-hydrogen) atoms. The number of carbonyl (C=O) groups is 2. The molecule has 3 rings (SSSR count). The molecule has 0 radical (unpaired) electrons. The van der Waals surface area contributed by atoms with Crippen LogP contribution in [0.4, 0.5) is 10.1 Å². The minimum atomic E-state index is -3.98. The Balaban J connectivity index is 1.69. The first kappa shape index (κ1) is 23.2. The summed E-state index contributed by atoms with van der Waals surface area (Å²) in [4.78, 5) is 24.3. The summed E-state index contributed by atoms with van der Waals surface area (Å²) in [6.45, 7) is 1.83. The highest BCUT2D eigenvalue weighted by atomic mass is 35.5. The Hall–Kier alpha value is -3.43. The molecular weight excluding hydrogens is 457 g/mol. The van der Waals surface area contributed by atoms with Crippen molar-refractivity contribution in [1.29, 1.82) is 0 Å². The Kier molecular flexibility index (Phi) is 7.12. The second-order valence-electron chi connectivity index (χ2n) is 6.92. The van der Waals surface area contributed by atoms with E-state index in [2.05, 4.69) is 15.6 Å². The number of amides is 2. The van der Waals surface area contributed by atoms with Gasteiger partial charge in [-0.05, 0) is 60.5 Å². The van der Waals surface area contributed by atoms with Gasteiger partial charge in [-0.3, -0.25) is 25.2 Å². The van der Waals surface area contributed by atoms with Gasteiger partial charge in [0.05, 0.1) is 21.9 Å². The summed E-state index contributed by atoms with van der Waals surface area (Å²) in [5, 5.41) is 0.00443. The molecular formula is C22H19ClFN3O4S. The summed E-state index contributed by atoms with van der Waals surface area (Å²) in [7, 11) is -3.98. The number of anilines is 1. The molecule has 166 valence electrons. The van der Waals surface area contributed by atoms with Gasteiger partial charge in [0, 0.05) is 5.69 Å². The van der Waals surface area contributed by atoms with Crippen molar-refractivity contribution in [2.24, 2.45) is 0 Å². The maximum atomic E-state index is 12.9. The van der Waals surface area contributed by atoms with Crippen LogP contribution in [-0.2, 0) is 21.2 Å². The molecule has 0 aliphatic carbocycles. The zero-order valence-electron chi connectivity index (χ0n) is 16.9. The minimum absolute atomic E-state index is 0.00443. The predicted octanol–water partition coefficient (Wildman–Crippen LogP) is 3.59. The van der Waals surface area contributed by atoms with Crippen LogP contribution in [0.2, 0.25) is 5.02 Å². The van der Waals surface area contributed by atoms with Gasteiger partial charge in [0.1, 0.15) is 5.82 Å². The van der Waals surface area contributed by atoms with Crippen LogP contribution in [0.1, 0.15) is 21.5 Å². The maximum absolute atomic E-state index is 12.9. The monoisotopic (exact) mass is 475 g/mol. The first-order chi connectivity index (χ1) is 15.1. The largest absolute Gasteiger partial charge is 0.280 e. The summed E-state index contributed by atoms with van der Waals surface area (Å²) < 4.78 is 40.8. The average molecular weight is 476 g/mol. The SMILES string of the molecule is Cc1cccc(NS(=O)(=O)c2ccc(Cl)c(C(=O)NNC(=O)Cc3ccc(F)cc3)c2)c1. The maximum Gasteiger partial charge on any atom is 0.271 e. The number of nitrogens with one attached hydrogen (secondary N) is 3. The van der Waals surface area contributed by atoms with Crippen LogP contribution in [0.15, 0.2) is 71.6 Å². The van der Waals surface area contributed by atoms with Crippen LogP contribution in [0, 0.1) is 12.7 Å². The number of carbonyl (C=O) groups excluding carboxylic acids is 2. The summed E-state index contributed by atoms with van der Waals surface area (Å²) >= 11 is 6.06. The van der Waals surface area contributed by atoms with E-state index in [-0.39, 0.29) is 21.9 Å². The lowest BCUT2D eigenvalue weighted by Gasteiger charge is -2.12. The molecule has 0 atom stereocenters. The van der Waals surface area contributed by atoms with Gasteiger partial charge < -0.3 is 0 Å². The van der Waals surface area contributed by atoms with E-state index >= 15 is 0 Å². The molecule has 3 N–H and O–H groups in total. The summed E-state index contributed by atoms with van der Waals surface area (Å²) in [5.41, 5.74) is 6.07. The molecule has 7 nitrogen and oxygen atoms in total. The molecule has 2 amide bonds. The summed E-state index contributed by atoms with van der Waals surface area (Å²) in [5.74, 6) is -1.77. The van der Waals surface area contributed by atoms with Crippen LogP contribution in [0.25, 0.3) is 0 Å². The zero-order valence-corrected chi connectivity index (χ0v) is 18.4. The molecule has 0 spiro atoms. The lowest BCUT2D eigenvalue weighted by atomic mass is 10.1. The Morgan fingerprint density at radius 2 is 1.69 bits per heavy atom. The first-order valence-electron chi connectivity index (χ1n) is 9.37. The zero-order chi connectivity index (χ0) is 23.3. The van der Waals surface area contributed by atoms with E-state index < -0.39 is 27.7 Å². The van der Waals surface area contributed by atoms with Crippen molar-refractivity contribution in [2.45, 2.75) is 18.2 Å². The van der Waals surface area contributed by atoms with Crippen LogP contribution in [-0.4, -0.2) is 20.2 Å². The molecule has 3 aromatic rings. The van der Waals surface area contributed by atoms with E-state index in [1.54, 1.807) is 18.2 Å². The third-order valence-corrected chi connectivity index (χ3v) is 6.06. The lowest BCUT2D eigenvalue weighted by molar-refractivity contribution is -0.121. The molecule has 0 saturated carbocycles. The Morgan fingerprint density at radius 3 is 2.38 bits per heavy atom. The van der Waals surface area contributed by atoms with Crippen molar-refractivity contribution < 1.29 is 22.4 Å². The Bertz CT molecular complexity index is 1260. The molecule has 3 aromatic carbocycles. The van der Waals surface area contributed by atoms with Crippen molar-refractivity contribution in [3.63, 3.8) is 0 Å². The molecule has 0 aliphatic rings. The van der Waals surface area contributed by atoms with Gasteiger partial charge in [-0.15, -0.1) is 0 Å². The van der Waals surface area contributed by atoms with E-state index in [0.717, 1.165) is 11.6 Å². The average Bonchev–Trinajstić information content (AvgIpc) is 2.73. The third kappa shape index (κ3) is 6.05. The van der Waals surface area contributed by atoms with Gasteiger partial charge in [0.15, 0.2) is 0 Å². The quantitative estimate of drug-likeness (QED) is 0.474. The first-order valence-corrected chi connectivity index (χ1v) is 11.2. The second kappa shape index (κ2) is 9.80. The van der Waals surface area contributed by atoms with Gasteiger partial charge in [0.25, 0.3) is 15.9 Å². The molecule has 10 heteroatoms. The van der Waals surface area contributed by atoms with Crippen LogP contribution >= 0.6 is 11.6 Å². The highest BCUT2D eigenvalue weighted by Gasteiger charge is 2.19. The molecule has 0 bridgehead atoms. The highest BCUT2D eigenvalue weighted by molar-refractivity contribution is 7.92. The van der Waals surface area contributed by atoms with E-state index in [0.29, 0.717) is 11.3 Å². The Labute approximate surface area is 189 Å². The van der Waals surface area contributed by atoms with Crippen LogP contribution in [0.3, 0.4) is 0 Å². The summed E-state index contributed by atoms with van der Waals surface area (Å²) in [6, 6.07) is 15.8. The smallest absolute Gasteiger partial charge is 0.271 e. The number of halogens is 2. The van der Waals surface area contributed by atoms with Crippen molar-refractivity contribution in [3.8, 4) is 0 Å². The molecule has 0 heterocycles. The van der Waals surface area contributed by atoms with Crippen molar-refractivity contribution >= 4 is 39.1 Å². The predicted molar refractivity (Wildman–Crippen MR) is 119 cm³/mol. The standard InChI is InChI=1S/C22H19ClFN3O4S/c1-14-3-2-4-17(11-14)27-32(30,31)18-9-10-20(23)19(13-18)22(29)26-25-21(28)12-15-5-7-16(24)8-6-15/h2-11,13,27H,12H2,1H3,(H,25,28)(H,26,29). The van der Waals surface area contributed by atoms with E-state index in [1.807, 2.05) is 13.0 Å². The fraction of sp³-hybridized carbons (Fsp3) is 0.0909. The fourth-order valence-electron chi connectivity index (χ4n) is 2.79. The van der Waals surface area contributed by atoms with Crippen LogP contribution < -0.4 is 15.6 Å². The topological polar surface area (TPSA) is 104 Å². The van der Waals surface area contributed by atoms with Gasteiger partial charge >= 0.3 is 0 Å². The number of hydrazine groups is 1. The van der Waals surface area contributed by atoms with Gasteiger partial charge in [-0.25, -0.2) is 12.8 Å². The van der Waals surface area contributed by atoms with Gasteiger partial charge in [-0.1, -0.05) is 35.9 Å². The van der Waals surface area contributed by atoms with E-state index in [4.69, 9.17) is 11.6 Å².